The fourth-order valence-electron chi connectivity index (χ4n) is 3.67. The normalized spacial score (nSPS) is 20.8. The van der Waals surface area contributed by atoms with Crippen molar-refractivity contribution < 1.29 is 9.90 Å². The summed E-state index contributed by atoms with van der Waals surface area (Å²) >= 11 is 0. The number of carbonyl (C=O) groups excluding carboxylic acids is 1. The first-order chi connectivity index (χ1) is 12.1. The maximum absolute atomic E-state index is 12.6. The first kappa shape index (κ1) is 15.8. The molecule has 5 heteroatoms. The zero-order chi connectivity index (χ0) is 17.4. The highest BCUT2D eigenvalue weighted by Crippen LogP contribution is 2.31. The van der Waals surface area contributed by atoms with Gasteiger partial charge in [0.1, 0.15) is 5.69 Å². The van der Waals surface area contributed by atoms with Crippen LogP contribution in [-0.4, -0.2) is 45.1 Å². The van der Waals surface area contributed by atoms with Crippen molar-refractivity contribution in [3.05, 3.63) is 65.7 Å². The minimum Gasteiger partial charge on any atom is -0.391 e. The number of nitrogens with zero attached hydrogens (tertiary/aromatic N) is 2. The van der Waals surface area contributed by atoms with Gasteiger partial charge in [-0.1, -0.05) is 42.5 Å². The second-order valence-corrected chi connectivity index (χ2v) is 6.70. The van der Waals surface area contributed by atoms with Crippen LogP contribution in [-0.2, 0) is 0 Å². The van der Waals surface area contributed by atoms with Crippen LogP contribution in [0.4, 0.5) is 0 Å². The van der Waals surface area contributed by atoms with Crippen molar-refractivity contribution >= 4 is 16.7 Å². The molecular weight excluding hydrogens is 314 g/mol. The van der Waals surface area contributed by atoms with E-state index in [1.807, 2.05) is 19.1 Å². The highest BCUT2D eigenvalue weighted by molar-refractivity contribution is 5.93. The summed E-state index contributed by atoms with van der Waals surface area (Å²) < 4.78 is 0. The second-order valence-electron chi connectivity index (χ2n) is 6.70. The Kier molecular flexibility index (Phi) is 4.01. The highest BCUT2D eigenvalue weighted by atomic mass is 16.3. The number of amides is 1. The van der Waals surface area contributed by atoms with Crippen molar-refractivity contribution in [3.63, 3.8) is 0 Å². The maximum Gasteiger partial charge on any atom is 0.274 e. The lowest BCUT2D eigenvalue weighted by Gasteiger charge is -2.36. The van der Waals surface area contributed by atoms with E-state index < -0.39 is 6.10 Å². The molecule has 2 aromatic carbocycles. The summed E-state index contributed by atoms with van der Waals surface area (Å²) in [4.78, 5) is 21.3. The number of piperidine rings is 1. The van der Waals surface area contributed by atoms with Gasteiger partial charge in [0.25, 0.3) is 5.91 Å². The van der Waals surface area contributed by atoms with Gasteiger partial charge in [-0.2, -0.15) is 0 Å². The second kappa shape index (κ2) is 6.33. The van der Waals surface area contributed by atoms with E-state index in [4.69, 9.17) is 0 Å². The number of hydrogen-bond acceptors (Lipinski definition) is 3. The van der Waals surface area contributed by atoms with E-state index in [0.717, 1.165) is 17.7 Å². The van der Waals surface area contributed by atoms with E-state index >= 15 is 0 Å². The lowest BCUT2D eigenvalue weighted by molar-refractivity contribution is 0.0378. The van der Waals surface area contributed by atoms with Gasteiger partial charge < -0.3 is 15.0 Å². The Labute approximate surface area is 146 Å². The molecule has 1 fully saturated rings. The van der Waals surface area contributed by atoms with Gasteiger partial charge in [-0.3, -0.25) is 4.79 Å². The van der Waals surface area contributed by atoms with Gasteiger partial charge >= 0.3 is 0 Å². The molecule has 0 unspecified atom stereocenters. The van der Waals surface area contributed by atoms with Gasteiger partial charge in [-0.05, 0) is 29.7 Å². The summed E-state index contributed by atoms with van der Waals surface area (Å²) in [6, 6.07) is 14.6. The molecule has 1 saturated heterocycles. The summed E-state index contributed by atoms with van der Waals surface area (Å²) in [5, 5.41) is 13.0. The molecular formula is C20H21N3O2. The zero-order valence-corrected chi connectivity index (χ0v) is 14.1. The maximum atomic E-state index is 12.6. The van der Waals surface area contributed by atoms with Crippen LogP contribution in [0.15, 0.2) is 48.8 Å². The van der Waals surface area contributed by atoms with Crippen LogP contribution in [0.3, 0.4) is 0 Å². The fourth-order valence-corrected chi connectivity index (χ4v) is 3.67. The van der Waals surface area contributed by atoms with Crippen molar-refractivity contribution in [1.82, 2.24) is 14.9 Å². The molecule has 0 bridgehead atoms. The van der Waals surface area contributed by atoms with Gasteiger partial charge in [0.2, 0.25) is 0 Å². The molecule has 0 aliphatic carbocycles. The van der Waals surface area contributed by atoms with Gasteiger partial charge in [0, 0.05) is 24.7 Å². The molecule has 25 heavy (non-hydrogen) atoms. The highest BCUT2D eigenvalue weighted by Gasteiger charge is 2.32. The number of fused-ring (bicyclic) bond motifs is 1. The summed E-state index contributed by atoms with van der Waals surface area (Å²) in [6.45, 7) is 2.79. The van der Waals surface area contributed by atoms with Crippen molar-refractivity contribution in [2.24, 2.45) is 0 Å². The van der Waals surface area contributed by atoms with Gasteiger partial charge in [0.15, 0.2) is 0 Å². The third-order valence-corrected chi connectivity index (χ3v) is 5.10. The molecule has 2 atom stereocenters. The Morgan fingerprint density at radius 2 is 2.04 bits per heavy atom. The van der Waals surface area contributed by atoms with Gasteiger partial charge in [-0.25, -0.2) is 4.98 Å². The lowest BCUT2D eigenvalue weighted by Crippen LogP contribution is -2.46. The number of carbonyl (C=O) groups is 1. The largest absolute Gasteiger partial charge is 0.391 e. The molecule has 0 saturated carbocycles. The number of aliphatic hydroxyl groups is 1. The van der Waals surface area contributed by atoms with E-state index in [1.165, 1.54) is 17.1 Å². The monoisotopic (exact) mass is 335 g/mol. The third-order valence-electron chi connectivity index (χ3n) is 5.10. The number of rotatable bonds is 2. The molecule has 1 amide bonds. The van der Waals surface area contributed by atoms with Crippen LogP contribution in [0.1, 0.15) is 34.1 Å². The van der Waals surface area contributed by atoms with E-state index in [0.29, 0.717) is 18.8 Å². The van der Waals surface area contributed by atoms with Gasteiger partial charge in [-0.15, -0.1) is 0 Å². The van der Waals surface area contributed by atoms with E-state index in [2.05, 4.69) is 40.3 Å². The minimum atomic E-state index is -0.571. The Balaban J connectivity index is 1.53. The number of hydrogen-bond donors (Lipinski definition) is 2. The number of H-pyrrole nitrogens is 1. The van der Waals surface area contributed by atoms with Crippen LogP contribution >= 0.6 is 0 Å². The SMILES string of the molecule is Cc1[nH]cnc1C(=O)N1CC[C@@H](c2ccc3ccccc3c2)[C@H](O)C1. The molecule has 128 valence electrons. The summed E-state index contributed by atoms with van der Waals surface area (Å²) in [7, 11) is 0. The number of imidazole rings is 1. The molecule has 2 N–H and O–H groups in total. The van der Waals surface area contributed by atoms with Crippen LogP contribution in [0.5, 0.6) is 0 Å². The number of β-amino-alcohol motifs (C(OH)–C–C–N with tert-alkyl or cyclic N) is 1. The van der Waals surface area contributed by atoms with Crippen molar-refractivity contribution in [2.45, 2.75) is 25.4 Å². The average Bonchev–Trinajstić information content (AvgIpc) is 3.06. The van der Waals surface area contributed by atoms with Crippen molar-refractivity contribution in [3.8, 4) is 0 Å². The molecule has 1 aromatic heterocycles. The van der Waals surface area contributed by atoms with E-state index in [-0.39, 0.29) is 11.8 Å². The Bertz CT molecular complexity index is 918. The molecule has 5 nitrogen and oxygen atoms in total. The number of aromatic amines is 1. The first-order valence-corrected chi connectivity index (χ1v) is 8.59. The van der Waals surface area contributed by atoms with Crippen molar-refractivity contribution in [1.29, 1.82) is 0 Å². The number of aryl methyl sites for hydroxylation is 1. The average molecular weight is 335 g/mol. The summed E-state index contributed by atoms with van der Waals surface area (Å²) in [5.41, 5.74) is 2.33. The van der Waals surface area contributed by atoms with Crippen LogP contribution in [0.2, 0.25) is 0 Å². The zero-order valence-electron chi connectivity index (χ0n) is 14.1. The first-order valence-electron chi connectivity index (χ1n) is 8.59. The van der Waals surface area contributed by atoms with Gasteiger partial charge in [0.05, 0.1) is 12.4 Å². The fraction of sp³-hybridized carbons (Fsp3) is 0.300. The molecule has 0 spiro atoms. The third kappa shape index (κ3) is 2.91. The minimum absolute atomic E-state index is 0.0499. The van der Waals surface area contributed by atoms with Crippen LogP contribution in [0.25, 0.3) is 10.8 Å². The number of likely N-dealkylation sites (tertiary alicyclic amines) is 1. The van der Waals surface area contributed by atoms with Crippen LogP contribution < -0.4 is 0 Å². The Morgan fingerprint density at radius 1 is 1.24 bits per heavy atom. The standard InChI is InChI=1S/C20H21N3O2/c1-13-19(22-12-21-13)20(25)23-9-8-17(18(24)11-23)16-7-6-14-4-2-3-5-15(14)10-16/h2-7,10,12,17-18,24H,8-9,11H2,1H3,(H,21,22)/t17-,18+/m0/s1. The number of nitrogens with one attached hydrogen (secondary N) is 1. The van der Waals surface area contributed by atoms with E-state index in [1.54, 1.807) is 4.90 Å². The summed E-state index contributed by atoms with van der Waals surface area (Å²) in [5.74, 6) is -0.0660. The predicted octanol–water partition coefficient (Wildman–Crippen LogP) is 2.86. The molecule has 3 aromatic rings. The molecule has 0 radical (unpaired) electrons. The predicted molar refractivity (Wildman–Crippen MR) is 96.5 cm³/mol. The molecule has 2 heterocycles. The van der Waals surface area contributed by atoms with E-state index in [9.17, 15) is 9.90 Å². The smallest absolute Gasteiger partial charge is 0.274 e. The molecule has 1 aliphatic heterocycles. The quantitative estimate of drug-likeness (QED) is 0.756. The topological polar surface area (TPSA) is 69.2 Å². The molecule has 4 rings (SSSR count). The Hall–Kier alpha value is -2.66. The van der Waals surface area contributed by atoms with Crippen molar-refractivity contribution in [2.75, 3.05) is 13.1 Å². The van der Waals surface area contributed by atoms with Crippen LogP contribution in [0, 0.1) is 6.92 Å². The lowest BCUT2D eigenvalue weighted by atomic mass is 9.86. The number of aromatic nitrogens is 2. The molecule has 1 aliphatic rings. The summed E-state index contributed by atoms with van der Waals surface area (Å²) in [6.07, 6.45) is 1.70. The number of aliphatic hydroxyl groups excluding tert-OH is 1. The Morgan fingerprint density at radius 3 is 2.76 bits per heavy atom. The number of benzene rings is 2.